The topological polar surface area (TPSA) is 108 Å². The van der Waals surface area contributed by atoms with Crippen molar-refractivity contribution >= 4 is 47.5 Å². The number of hydrogen-bond donors (Lipinski definition) is 0. The highest BCUT2D eigenvalue weighted by molar-refractivity contribution is 8.02. The fourth-order valence-corrected chi connectivity index (χ4v) is 4.16. The highest BCUT2D eigenvalue weighted by Gasteiger charge is 2.29. The molecule has 2 rings (SSSR count). The Hall–Kier alpha value is -2.39. The van der Waals surface area contributed by atoms with E-state index in [9.17, 15) is 9.59 Å². The number of carbonyl (C=O) groups excluding carboxylic acids is 2. The molecule has 1 saturated heterocycles. The van der Waals surface area contributed by atoms with E-state index < -0.39 is 5.97 Å². The van der Waals surface area contributed by atoms with E-state index in [1.54, 1.807) is 17.3 Å². The number of carbonyl (C=O) groups is 2. The minimum absolute atomic E-state index is 0.124. The van der Waals surface area contributed by atoms with E-state index in [1.165, 1.54) is 11.8 Å². The Morgan fingerprint density at radius 3 is 2.88 bits per heavy atom. The van der Waals surface area contributed by atoms with Crippen LogP contribution >= 0.6 is 35.6 Å². The summed E-state index contributed by atoms with van der Waals surface area (Å²) in [5, 5.41) is 0.583. The molecule has 1 aromatic heterocycles. The van der Waals surface area contributed by atoms with Crippen LogP contribution in [0.4, 0.5) is 0 Å². The van der Waals surface area contributed by atoms with E-state index in [0.717, 1.165) is 16.9 Å². The highest BCUT2D eigenvalue weighted by Crippen LogP contribution is 2.29. The van der Waals surface area contributed by atoms with E-state index >= 15 is 0 Å². The van der Waals surface area contributed by atoms with Gasteiger partial charge in [-0.1, -0.05) is 37.3 Å². The van der Waals surface area contributed by atoms with Gasteiger partial charge in [0.25, 0.3) is 5.91 Å². The van der Waals surface area contributed by atoms with Crippen molar-refractivity contribution in [3.8, 4) is 0 Å². The second-order valence-electron chi connectivity index (χ2n) is 6.86. The van der Waals surface area contributed by atoms with E-state index in [1.807, 2.05) is 31.2 Å². The normalized spacial score (nSPS) is 14.8. The SMILES string of the molecule is C=C(SCc1cncc(C(=O)N2CCC(C(=O)OSN=[N+]=[N-])CC2)c1)/C(Cl)=C\C=C/CC. The lowest BCUT2D eigenvalue weighted by molar-refractivity contribution is -0.138. The van der Waals surface area contributed by atoms with Gasteiger partial charge in [-0.3, -0.25) is 14.6 Å². The average molecular weight is 494 g/mol. The van der Waals surface area contributed by atoms with E-state index in [4.69, 9.17) is 21.3 Å². The van der Waals surface area contributed by atoms with Gasteiger partial charge in [-0.05, 0) is 42.5 Å². The van der Waals surface area contributed by atoms with Crippen LogP contribution in [-0.4, -0.2) is 34.8 Å². The summed E-state index contributed by atoms with van der Waals surface area (Å²) in [7, 11) is 0. The number of allylic oxidation sites excluding steroid dienone is 4. The first-order valence-electron chi connectivity index (χ1n) is 9.95. The number of thioether (sulfide) groups is 1. The van der Waals surface area contributed by atoms with E-state index in [-0.39, 0.29) is 11.8 Å². The minimum atomic E-state index is -0.437. The second kappa shape index (κ2) is 13.9. The standard InChI is InChI=1S/C21H24ClN5O3S2/c1-3-4-5-6-19(22)15(2)31-14-16-11-18(13-24-12-16)20(28)27-9-7-17(8-10-27)21(29)30-32-26-25-23/h4-6,11-13,17H,2-3,7-10,14H2,1H3/b5-4-,19-6+. The quantitative estimate of drug-likeness (QED) is 0.0960. The molecule has 2 heterocycles. The summed E-state index contributed by atoms with van der Waals surface area (Å²) in [5.74, 6) is -0.294. The van der Waals surface area contributed by atoms with Gasteiger partial charge >= 0.3 is 5.97 Å². The first-order chi connectivity index (χ1) is 15.5. The lowest BCUT2D eigenvalue weighted by atomic mass is 9.96. The molecule has 0 spiro atoms. The summed E-state index contributed by atoms with van der Waals surface area (Å²) >= 11 is 8.15. The van der Waals surface area contributed by atoms with Crippen LogP contribution in [0.15, 0.2) is 57.7 Å². The Kier molecular flexibility index (Phi) is 11.2. The van der Waals surface area contributed by atoms with Crippen LogP contribution in [0, 0.1) is 5.92 Å². The van der Waals surface area contributed by atoms with Gasteiger partial charge in [0.15, 0.2) is 12.2 Å². The summed E-state index contributed by atoms with van der Waals surface area (Å²) in [6.45, 7) is 6.92. The predicted octanol–water partition coefficient (Wildman–Crippen LogP) is 6.19. The third-order valence-electron chi connectivity index (χ3n) is 4.64. The van der Waals surface area contributed by atoms with E-state index in [0.29, 0.717) is 54.5 Å². The van der Waals surface area contributed by atoms with Crippen LogP contribution in [0.3, 0.4) is 0 Å². The number of rotatable bonds is 10. The van der Waals surface area contributed by atoms with Gasteiger partial charge in [-0.2, -0.15) is 0 Å². The largest absolute Gasteiger partial charge is 0.383 e. The molecule has 170 valence electrons. The molecule has 0 aromatic carbocycles. The number of aromatic nitrogens is 1. The average Bonchev–Trinajstić information content (AvgIpc) is 2.82. The maximum absolute atomic E-state index is 12.9. The van der Waals surface area contributed by atoms with Crippen LogP contribution in [-0.2, 0) is 14.7 Å². The van der Waals surface area contributed by atoms with Crippen LogP contribution in [0.5, 0.6) is 0 Å². The van der Waals surface area contributed by atoms with Crippen molar-refractivity contribution in [2.24, 2.45) is 10.4 Å². The Bertz CT molecular complexity index is 939. The summed E-state index contributed by atoms with van der Waals surface area (Å²) < 4.78 is 7.94. The zero-order valence-electron chi connectivity index (χ0n) is 17.6. The maximum Gasteiger partial charge on any atom is 0.321 e. The molecule has 0 unspecified atom stereocenters. The third kappa shape index (κ3) is 8.27. The van der Waals surface area contributed by atoms with E-state index in [2.05, 4.69) is 21.0 Å². The molecule has 1 amide bonds. The zero-order chi connectivity index (χ0) is 23.3. The minimum Gasteiger partial charge on any atom is -0.383 e. The maximum atomic E-state index is 12.9. The predicted molar refractivity (Wildman–Crippen MR) is 129 cm³/mol. The number of halogens is 1. The van der Waals surface area contributed by atoms with Crippen LogP contribution < -0.4 is 0 Å². The van der Waals surface area contributed by atoms with Gasteiger partial charge in [0, 0.05) is 45.6 Å². The smallest absolute Gasteiger partial charge is 0.321 e. The van der Waals surface area contributed by atoms with Gasteiger partial charge in [-0.15, -0.1) is 11.8 Å². The number of likely N-dealkylation sites (tertiary alicyclic amines) is 1. The van der Waals surface area contributed by atoms with Gasteiger partial charge in [-0.25, -0.2) is 0 Å². The number of pyridine rings is 1. The Morgan fingerprint density at radius 1 is 1.44 bits per heavy atom. The molecular formula is C21H24ClN5O3S2. The number of amides is 1. The number of nitrogens with zero attached hydrogens (tertiary/aromatic N) is 5. The molecule has 1 aromatic rings. The first kappa shape index (κ1) is 25.9. The molecule has 1 aliphatic rings. The third-order valence-corrected chi connectivity index (χ3v) is 6.53. The summed E-state index contributed by atoms with van der Waals surface area (Å²) in [6, 6.07) is 1.82. The molecule has 0 N–H and O–H groups in total. The van der Waals surface area contributed by atoms with Crippen molar-refractivity contribution in [2.75, 3.05) is 13.1 Å². The second-order valence-corrected chi connectivity index (χ2v) is 8.82. The van der Waals surface area contributed by atoms with Crippen molar-refractivity contribution in [1.29, 1.82) is 0 Å². The van der Waals surface area contributed by atoms with Crippen LogP contribution in [0.1, 0.15) is 42.1 Å². The summed E-state index contributed by atoms with van der Waals surface area (Å²) in [4.78, 5) is 34.0. The highest BCUT2D eigenvalue weighted by atomic mass is 35.5. The summed E-state index contributed by atoms with van der Waals surface area (Å²) in [5.41, 5.74) is 9.61. The van der Waals surface area contributed by atoms with Gasteiger partial charge < -0.3 is 9.08 Å². The molecule has 0 aliphatic carbocycles. The van der Waals surface area contributed by atoms with Gasteiger partial charge in [0.2, 0.25) is 0 Å². The molecule has 11 heteroatoms. The van der Waals surface area contributed by atoms with Gasteiger partial charge in [0.05, 0.1) is 16.5 Å². The zero-order valence-corrected chi connectivity index (χ0v) is 20.0. The lowest BCUT2D eigenvalue weighted by Crippen LogP contribution is -2.40. The van der Waals surface area contributed by atoms with Gasteiger partial charge in [0.1, 0.15) is 0 Å². The van der Waals surface area contributed by atoms with Crippen LogP contribution in [0.25, 0.3) is 10.4 Å². The molecule has 1 fully saturated rings. The number of azide groups is 1. The van der Waals surface area contributed by atoms with Crippen molar-refractivity contribution in [2.45, 2.75) is 31.9 Å². The molecule has 8 nitrogen and oxygen atoms in total. The fraction of sp³-hybridized carbons (Fsp3) is 0.381. The molecule has 0 atom stereocenters. The Morgan fingerprint density at radius 2 is 2.19 bits per heavy atom. The molecule has 0 saturated carbocycles. The first-order valence-corrected chi connectivity index (χ1v) is 12.0. The summed E-state index contributed by atoms with van der Waals surface area (Å²) in [6.07, 6.45) is 10.9. The number of piperidine rings is 1. The lowest BCUT2D eigenvalue weighted by Gasteiger charge is -2.30. The Labute approximate surface area is 201 Å². The number of hydrogen-bond acceptors (Lipinski definition) is 7. The van der Waals surface area contributed by atoms with Crippen molar-refractivity contribution in [3.63, 3.8) is 0 Å². The molecule has 0 radical (unpaired) electrons. The van der Waals surface area contributed by atoms with Crippen molar-refractivity contribution < 1.29 is 13.8 Å². The molecule has 32 heavy (non-hydrogen) atoms. The Balaban J connectivity index is 1.89. The fourth-order valence-electron chi connectivity index (χ4n) is 2.94. The van der Waals surface area contributed by atoms with Crippen molar-refractivity contribution in [1.82, 2.24) is 9.88 Å². The van der Waals surface area contributed by atoms with Crippen LogP contribution in [0.2, 0.25) is 0 Å². The molecule has 1 aliphatic heterocycles. The monoisotopic (exact) mass is 493 g/mol. The van der Waals surface area contributed by atoms with Crippen molar-refractivity contribution in [3.05, 3.63) is 74.8 Å². The molecule has 0 bridgehead atoms. The molecular weight excluding hydrogens is 470 g/mol.